The summed E-state index contributed by atoms with van der Waals surface area (Å²) in [6.07, 6.45) is 6.28. The number of aromatic nitrogens is 2. The van der Waals surface area contributed by atoms with Crippen molar-refractivity contribution in [2.75, 3.05) is 11.9 Å². The van der Waals surface area contributed by atoms with Gasteiger partial charge in [-0.2, -0.15) is 0 Å². The average Bonchev–Trinajstić information content (AvgIpc) is 2.48. The Labute approximate surface area is 130 Å². The van der Waals surface area contributed by atoms with Crippen molar-refractivity contribution in [2.24, 2.45) is 11.8 Å². The predicted molar refractivity (Wildman–Crippen MR) is 89.8 cm³/mol. The molecule has 0 amide bonds. The molecule has 0 radical (unpaired) electrons. The monoisotopic (exact) mass is 289 g/mol. The molecule has 0 aliphatic heterocycles. The van der Waals surface area contributed by atoms with E-state index in [2.05, 4.69) is 39.9 Å². The van der Waals surface area contributed by atoms with Gasteiger partial charge in [-0.3, -0.25) is 0 Å². The second kappa shape index (κ2) is 7.24. The first-order chi connectivity index (χ1) is 10.0. The van der Waals surface area contributed by atoms with Crippen LogP contribution < -0.4 is 5.32 Å². The molecule has 118 valence electrons. The second-order valence-electron chi connectivity index (χ2n) is 6.92. The molecule has 3 nitrogen and oxygen atoms in total. The zero-order valence-corrected chi connectivity index (χ0v) is 14.4. The number of hydrogen-bond donors (Lipinski definition) is 1. The third kappa shape index (κ3) is 3.96. The summed E-state index contributed by atoms with van der Waals surface area (Å²) in [7, 11) is 0. The molecule has 1 fully saturated rings. The molecule has 0 aromatic carbocycles. The maximum absolute atomic E-state index is 4.84. The van der Waals surface area contributed by atoms with E-state index in [1.165, 1.54) is 31.2 Å². The predicted octanol–water partition coefficient (Wildman–Crippen LogP) is 4.85. The van der Waals surface area contributed by atoms with Crippen LogP contribution in [0.3, 0.4) is 0 Å². The molecular formula is C18H31N3. The number of nitrogens with zero attached hydrogens (tertiary/aromatic N) is 2. The molecule has 0 unspecified atom stereocenters. The molecule has 3 heteroatoms. The Hall–Kier alpha value is -1.12. The van der Waals surface area contributed by atoms with Crippen molar-refractivity contribution in [2.45, 2.75) is 72.6 Å². The van der Waals surface area contributed by atoms with Crippen molar-refractivity contribution < 1.29 is 0 Å². The van der Waals surface area contributed by atoms with E-state index in [4.69, 9.17) is 9.97 Å². The number of rotatable bonds is 5. The summed E-state index contributed by atoms with van der Waals surface area (Å²) >= 11 is 0. The Morgan fingerprint density at radius 3 is 2.33 bits per heavy atom. The van der Waals surface area contributed by atoms with Crippen molar-refractivity contribution in [1.29, 1.82) is 0 Å². The molecule has 1 aliphatic carbocycles. The van der Waals surface area contributed by atoms with Crippen LogP contribution in [0, 0.1) is 25.7 Å². The highest BCUT2D eigenvalue weighted by atomic mass is 15.0. The van der Waals surface area contributed by atoms with Gasteiger partial charge < -0.3 is 5.32 Å². The van der Waals surface area contributed by atoms with E-state index in [-0.39, 0.29) is 0 Å². The Bertz CT molecular complexity index is 460. The molecule has 21 heavy (non-hydrogen) atoms. The van der Waals surface area contributed by atoms with E-state index < -0.39 is 0 Å². The van der Waals surface area contributed by atoms with Gasteiger partial charge in [0.2, 0.25) is 0 Å². The summed E-state index contributed by atoms with van der Waals surface area (Å²) in [5.74, 6) is 4.38. The van der Waals surface area contributed by atoms with E-state index >= 15 is 0 Å². The summed E-state index contributed by atoms with van der Waals surface area (Å²) in [5, 5.41) is 3.46. The summed E-state index contributed by atoms with van der Waals surface area (Å²) in [6, 6.07) is 0. The van der Waals surface area contributed by atoms with E-state index in [1.54, 1.807) is 0 Å². The lowest BCUT2D eigenvalue weighted by Gasteiger charge is -2.30. The van der Waals surface area contributed by atoms with Crippen LogP contribution in [0.1, 0.15) is 75.9 Å². The van der Waals surface area contributed by atoms with Crippen LogP contribution >= 0.6 is 0 Å². The van der Waals surface area contributed by atoms with Crippen LogP contribution in [-0.4, -0.2) is 16.5 Å². The highest BCUT2D eigenvalue weighted by molar-refractivity contribution is 5.45. The fraction of sp³-hybridized carbons (Fsp3) is 0.778. The molecule has 0 saturated heterocycles. The molecule has 1 heterocycles. The van der Waals surface area contributed by atoms with E-state index in [9.17, 15) is 0 Å². The molecule has 0 spiro atoms. The molecular weight excluding hydrogens is 258 g/mol. The van der Waals surface area contributed by atoms with Crippen LogP contribution in [0.2, 0.25) is 0 Å². The highest BCUT2D eigenvalue weighted by Gasteiger charge is 2.26. The SMILES string of the molecule is CCCNc1nc(C2CCC(C(C)C)CC2)nc(C)c1C. The first kappa shape index (κ1) is 16.3. The minimum absolute atomic E-state index is 0.557. The summed E-state index contributed by atoms with van der Waals surface area (Å²) in [6.45, 7) is 12.1. The molecule has 0 atom stereocenters. The van der Waals surface area contributed by atoms with Gasteiger partial charge in [-0.15, -0.1) is 0 Å². The number of nitrogens with one attached hydrogen (secondary N) is 1. The van der Waals surface area contributed by atoms with Gasteiger partial charge in [0, 0.05) is 23.7 Å². The lowest BCUT2D eigenvalue weighted by molar-refractivity contribution is 0.254. The van der Waals surface area contributed by atoms with Gasteiger partial charge in [-0.1, -0.05) is 20.8 Å². The van der Waals surface area contributed by atoms with Crippen molar-refractivity contribution >= 4 is 5.82 Å². The zero-order valence-electron chi connectivity index (χ0n) is 14.4. The van der Waals surface area contributed by atoms with Gasteiger partial charge in [0.05, 0.1) is 0 Å². The van der Waals surface area contributed by atoms with Gasteiger partial charge in [0.1, 0.15) is 11.6 Å². The molecule has 0 bridgehead atoms. The highest BCUT2D eigenvalue weighted by Crippen LogP contribution is 2.38. The molecule has 1 saturated carbocycles. The largest absolute Gasteiger partial charge is 0.370 e. The topological polar surface area (TPSA) is 37.8 Å². The van der Waals surface area contributed by atoms with E-state index in [0.717, 1.165) is 42.1 Å². The Morgan fingerprint density at radius 2 is 1.76 bits per heavy atom. The fourth-order valence-electron chi connectivity index (χ4n) is 3.29. The van der Waals surface area contributed by atoms with Gasteiger partial charge in [-0.25, -0.2) is 9.97 Å². The number of hydrogen-bond acceptors (Lipinski definition) is 3. The summed E-state index contributed by atoms with van der Waals surface area (Å²) < 4.78 is 0. The Kier molecular flexibility index (Phi) is 5.60. The number of anilines is 1. The summed E-state index contributed by atoms with van der Waals surface area (Å²) in [5.41, 5.74) is 2.33. The standard InChI is InChI=1S/C18H31N3/c1-6-11-19-17-13(4)14(5)20-18(21-17)16-9-7-15(8-10-16)12(2)3/h12,15-16H,6-11H2,1-5H3,(H,19,20,21). The quantitative estimate of drug-likeness (QED) is 0.842. The molecule has 2 rings (SSSR count). The second-order valence-corrected chi connectivity index (χ2v) is 6.92. The minimum atomic E-state index is 0.557. The third-order valence-corrected chi connectivity index (χ3v) is 5.03. The van der Waals surface area contributed by atoms with Crippen LogP contribution in [-0.2, 0) is 0 Å². The first-order valence-electron chi connectivity index (χ1n) is 8.61. The molecule has 1 N–H and O–H groups in total. The van der Waals surface area contributed by atoms with Crippen LogP contribution in [0.5, 0.6) is 0 Å². The molecule has 1 aromatic rings. The Balaban J connectivity index is 2.11. The first-order valence-corrected chi connectivity index (χ1v) is 8.61. The van der Waals surface area contributed by atoms with Crippen molar-refractivity contribution in [1.82, 2.24) is 9.97 Å². The minimum Gasteiger partial charge on any atom is -0.370 e. The van der Waals surface area contributed by atoms with Gasteiger partial charge in [-0.05, 0) is 57.8 Å². The average molecular weight is 289 g/mol. The van der Waals surface area contributed by atoms with E-state index in [1.807, 2.05) is 0 Å². The van der Waals surface area contributed by atoms with Gasteiger partial charge in [0.15, 0.2) is 0 Å². The number of aryl methyl sites for hydroxylation is 1. The van der Waals surface area contributed by atoms with Gasteiger partial charge in [0.25, 0.3) is 0 Å². The van der Waals surface area contributed by atoms with E-state index in [0.29, 0.717) is 5.92 Å². The fourth-order valence-corrected chi connectivity index (χ4v) is 3.29. The van der Waals surface area contributed by atoms with Crippen molar-refractivity contribution in [3.63, 3.8) is 0 Å². The third-order valence-electron chi connectivity index (χ3n) is 5.03. The Morgan fingerprint density at radius 1 is 1.10 bits per heavy atom. The smallest absolute Gasteiger partial charge is 0.134 e. The lowest BCUT2D eigenvalue weighted by Crippen LogP contribution is -2.20. The molecule has 1 aromatic heterocycles. The van der Waals surface area contributed by atoms with Crippen LogP contribution in [0.15, 0.2) is 0 Å². The maximum Gasteiger partial charge on any atom is 0.134 e. The van der Waals surface area contributed by atoms with Gasteiger partial charge >= 0.3 is 0 Å². The zero-order chi connectivity index (χ0) is 15.4. The molecule has 1 aliphatic rings. The summed E-state index contributed by atoms with van der Waals surface area (Å²) in [4.78, 5) is 9.63. The lowest BCUT2D eigenvalue weighted by atomic mass is 9.76. The van der Waals surface area contributed by atoms with Crippen LogP contribution in [0.4, 0.5) is 5.82 Å². The van der Waals surface area contributed by atoms with Crippen molar-refractivity contribution in [3.05, 3.63) is 17.1 Å². The van der Waals surface area contributed by atoms with Crippen LogP contribution in [0.25, 0.3) is 0 Å². The maximum atomic E-state index is 4.84. The normalized spacial score (nSPS) is 22.6. The van der Waals surface area contributed by atoms with Crippen molar-refractivity contribution in [3.8, 4) is 0 Å².